The average Bonchev–Trinajstić information content (AvgIpc) is 3.68. The van der Waals surface area contributed by atoms with Crippen molar-refractivity contribution >= 4 is 49.7 Å². The van der Waals surface area contributed by atoms with Crippen LogP contribution < -0.4 is 4.90 Å². The Balaban J connectivity index is 1.24. The van der Waals surface area contributed by atoms with Crippen molar-refractivity contribution in [2.75, 3.05) is 4.90 Å². The maximum Gasteiger partial charge on any atom is 0.159 e. The summed E-state index contributed by atoms with van der Waals surface area (Å²) in [4.78, 5) is 2.58. The van der Waals surface area contributed by atoms with Gasteiger partial charge in [0.2, 0.25) is 0 Å². The topological polar surface area (TPSA) is 16.4 Å². The summed E-state index contributed by atoms with van der Waals surface area (Å²) in [5.74, 6) is 0. The number of furan rings is 1. The number of anilines is 2. The third-order valence-electron chi connectivity index (χ3n) is 12.7. The summed E-state index contributed by atoms with van der Waals surface area (Å²) in [6, 6.07) is 64.5. The summed E-state index contributed by atoms with van der Waals surface area (Å²) >= 11 is 0. The van der Waals surface area contributed by atoms with Crippen LogP contribution in [0.1, 0.15) is 64.7 Å². The smallest absolute Gasteiger partial charge is 0.159 e. The van der Waals surface area contributed by atoms with Gasteiger partial charge in [0.25, 0.3) is 0 Å². The Kier molecular flexibility index (Phi) is 9.83. The lowest BCUT2D eigenvalue weighted by Gasteiger charge is -2.38. The highest BCUT2D eigenvalue weighted by atomic mass is 16.3. The fourth-order valence-electron chi connectivity index (χ4n) is 9.39. The van der Waals surface area contributed by atoms with Crippen molar-refractivity contribution in [2.45, 2.75) is 64.8 Å². The predicted octanol–water partition coefficient (Wildman–Crippen LogP) is 16.9. The Morgan fingerprint density at radius 2 is 1.11 bits per heavy atom. The Labute approximate surface area is 366 Å². The molecule has 62 heavy (non-hydrogen) atoms. The van der Waals surface area contributed by atoms with Crippen LogP contribution in [0, 0.1) is 0 Å². The molecular weight excluding hydrogens is 751 g/mol. The van der Waals surface area contributed by atoms with Crippen molar-refractivity contribution in [1.82, 2.24) is 0 Å². The second-order valence-corrected chi connectivity index (χ2v) is 18.9. The molecule has 2 heteroatoms. The Bertz CT molecular complexity index is 3130. The first-order chi connectivity index (χ1) is 30.0. The molecule has 9 aromatic rings. The fourth-order valence-corrected chi connectivity index (χ4v) is 9.39. The zero-order chi connectivity index (χ0) is 42.6. The molecule has 0 aliphatic heterocycles. The second-order valence-electron chi connectivity index (χ2n) is 18.9. The highest BCUT2D eigenvalue weighted by Gasteiger charge is 2.32. The van der Waals surface area contributed by atoms with E-state index in [1.807, 2.05) is 0 Å². The molecule has 1 aromatic heterocycles. The third kappa shape index (κ3) is 7.14. The largest absolute Gasteiger partial charge is 0.454 e. The first-order valence-electron chi connectivity index (χ1n) is 22.0. The van der Waals surface area contributed by atoms with Crippen molar-refractivity contribution in [1.29, 1.82) is 0 Å². The summed E-state index contributed by atoms with van der Waals surface area (Å²) in [5.41, 5.74) is 16.4. The van der Waals surface area contributed by atoms with Gasteiger partial charge in [0.15, 0.2) is 5.58 Å². The number of benzene rings is 8. The van der Waals surface area contributed by atoms with E-state index in [4.69, 9.17) is 4.42 Å². The fraction of sp³-hybridized carbons (Fsp3) is 0.167. The van der Waals surface area contributed by atoms with Crippen LogP contribution in [0.3, 0.4) is 0 Å². The van der Waals surface area contributed by atoms with Gasteiger partial charge in [-0.1, -0.05) is 211 Å². The van der Waals surface area contributed by atoms with E-state index in [0.29, 0.717) is 0 Å². The number of rotatable bonds is 7. The number of hydrogen-bond donors (Lipinski definition) is 0. The van der Waals surface area contributed by atoms with Gasteiger partial charge in [0, 0.05) is 22.0 Å². The van der Waals surface area contributed by atoms with Gasteiger partial charge in [0.05, 0.1) is 11.7 Å². The van der Waals surface area contributed by atoms with Gasteiger partial charge in [-0.05, 0) is 102 Å². The van der Waals surface area contributed by atoms with Gasteiger partial charge in [-0.2, -0.15) is 0 Å². The molecule has 1 unspecified atom stereocenters. The lowest BCUT2D eigenvalue weighted by molar-refractivity contribution is 0.569. The zero-order valence-corrected chi connectivity index (χ0v) is 36.6. The molecule has 0 radical (unpaired) electrons. The van der Waals surface area contributed by atoms with Crippen molar-refractivity contribution in [2.24, 2.45) is 0 Å². The maximum atomic E-state index is 6.90. The van der Waals surface area contributed by atoms with Crippen molar-refractivity contribution in [3.05, 3.63) is 211 Å². The molecule has 8 aromatic carbocycles. The summed E-state index contributed by atoms with van der Waals surface area (Å²) in [6.07, 6.45) is 7.75. The standard InChI is InChI=1S/C60H53NO/c1-59(2,3)45-36-44(37-46(39-45)60(4,5)6)47-28-17-24-42-25-18-29-50(57(42)47)48-26-13-15-31-53(48)61(55-32-19-30-51-49-27-14-16-33-56(49)62-58(51)55)54-35-34-43(40-20-9-7-10-21-40)38-52(54)41-22-11-8-12-23-41/h7-30,32-39,53H,31H2,1-6H3. The number of hydrogen-bond acceptors (Lipinski definition) is 2. The number of fused-ring (bicyclic) bond motifs is 4. The number of para-hydroxylation sites is 2. The zero-order valence-electron chi connectivity index (χ0n) is 36.6. The van der Waals surface area contributed by atoms with Crippen molar-refractivity contribution < 1.29 is 4.42 Å². The molecule has 1 atom stereocenters. The third-order valence-corrected chi connectivity index (χ3v) is 12.7. The molecule has 304 valence electrons. The molecular formula is C60H53NO. The molecule has 1 heterocycles. The SMILES string of the molecule is CC(C)(C)c1cc(-c2cccc3cccc(C4=CC=CCC4N(c4ccc(-c5ccccc5)cc4-c4ccccc4)c4cccc5c4oc4ccccc45)c23)cc(C(C)(C)C)c1. The van der Waals surface area contributed by atoms with Crippen LogP contribution in [0.2, 0.25) is 0 Å². The van der Waals surface area contributed by atoms with Crippen LogP contribution >= 0.6 is 0 Å². The Morgan fingerprint density at radius 3 is 1.82 bits per heavy atom. The van der Waals surface area contributed by atoms with Gasteiger partial charge in [-0.3, -0.25) is 0 Å². The summed E-state index contributed by atoms with van der Waals surface area (Å²) in [6.45, 7) is 13.9. The van der Waals surface area contributed by atoms with Gasteiger partial charge in [-0.25, -0.2) is 0 Å². The minimum atomic E-state index is -0.0754. The Morgan fingerprint density at radius 1 is 0.484 bits per heavy atom. The van der Waals surface area contributed by atoms with E-state index < -0.39 is 0 Å². The minimum absolute atomic E-state index is 0.00406. The van der Waals surface area contributed by atoms with Gasteiger partial charge < -0.3 is 9.32 Å². The quantitative estimate of drug-likeness (QED) is 0.160. The molecule has 2 nitrogen and oxygen atoms in total. The van der Waals surface area contributed by atoms with Gasteiger partial charge in [-0.15, -0.1) is 0 Å². The molecule has 0 fully saturated rings. The summed E-state index contributed by atoms with van der Waals surface area (Å²) in [5, 5.41) is 4.74. The van der Waals surface area contributed by atoms with E-state index in [1.54, 1.807) is 0 Å². The first kappa shape index (κ1) is 39.2. The van der Waals surface area contributed by atoms with Crippen LogP contribution in [0.5, 0.6) is 0 Å². The molecule has 0 saturated carbocycles. The average molecular weight is 804 g/mol. The molecule has 0 N–H and O–H groups in total. The van der Waals surface area contributed by atoms with E-state index in [1.165, 1.54) is 66.4 Å². The first-order valence-corrected chi connectivity index (χ1v) is 22.0. The second kappa shape index (κ2) is 15.5. The number of allylic oxidation sites excluding steroid dienone is 2. The lowest BCUT2D eigenvalue weighted by Crippen LogP contribution is -2.33. The molecule has 0 amide bonds. The summed E-state index contributed by atoms with van der Waals surface area (Å²) < 4.78 is 6.90. The summed E-state index contributed by atoms with van der Waals surface area (Å²) in [7, 11) is 0. The van der Waals surface area contributed by atoms with E-state index >= 15 is 0 Å². The van der Waals surface area contributed by atoms with Crippen molar-refractivity contribution in [3.8, 4) is 33.4 Å². The monoisotopic (exact) mass is 803 g/mol. The maximum absolute atomic E-state index is 6.90. The van der Waals surface area contributed by atoms with Crippen molar-refractivity contribution in [3.63, 3.8) is 0 Å². The highest BCUT2D eigenvalue weighted by Crippen LogP contribution is 2.48. The predicted molar refractivity (Wildman–Crippen MR) is 265 cm³/mol. The van der Waals surface area contributed by atoms with E-state index in [9.17, 15) is 0 Å². The van der Waals surface area contributed by atoms with E-state index in [0.717, 1.165) is 39.7 Å². The van der Waals surface area contributed by atoms with Crippen LogP contribution in [0.15, 0.2) is 199 Å². The van der Waals surface area contributed by atoms with E-state index in [-0.39, 0.29) is 16.9 Å². The number of nitrogens with zero attached hydrogens (tertiary/aromatic N) is 1. The Hall–Kier alpha value is -6.90. The molecule has 0 spiro atoms. The van der Waals surface area contributed by atoms with Crippen LogP contribution in [-0.4, -0.2) is 6.04 Å². The molecule has 0 bridgehead atoms. The van der Waals surface area contributed by atoms with Crippen LogP contribution in [-0.2, 0) is 10.8 Å². The lowest BCUT2D eigenvalue weighted by atomic mass is 9.78. The van der Waals surface area contributed by atoms with Gasteiger partial charge >= 0.3 is 0 Å². The minimum Gasteiger partial charge on any atom is -0.454 e. The molecule has 10 rings (SSSR count). The van der Waals surface area contributed by atoms with E-state index in [2.05, 4.69) is 241 Å². The van der Waals surface area contributed by atoms with Gasteiger partial charge in [0.1, 0.15) is 5.58 Å². The highest BCUT2D eigenvalue weighted by molar-refractivity contribution is 6.11. The molecule has 1 aliphatic rings. The van der Waals surface area contributed by atoms with Crippen LogP contribution in [0.25, 0.3) is 71.7 Å². The normalized spacial score (nSPS) is 14.4. The molecule has 1 aliphatic carbocycles. The molecule has 0 saturated heterocycles. The van der Waals surface area contributed by atoms with Crippen LogP contribution in [0.4, 0.5) is 11.4 Å².